The van der Waals surface area contributed by atoms with E-state index in [2.05, 4.69) is 21.9 Å². The first-order valence-electron chi connectivity index (χ1n) is 6.71. The first-order valence-corrected chi connectivity index (χ1v) is 6.71. The molecule has 0 saturated heterocycles. The van der Waals surface area contributed by atoms with Crippen molar-refractivity contribution >= 4 is 11.8 Å². The fourth-order valence-corrected chi connectivity index (χ4v) is 1.77. The zero-order valence-corrected chi connectivity index (χ0v) is 12.5. The molecule has 0 aliphatic carbocycles. The van der Waals surface area contributed by atoms with E-state index in [1.165, 1.54) is 6.08 Å². The molecule has 2 aromatic rings. The topological polar surface area (TPSA) is 73.3 Å². The Kier molecular flexibility index (Phi) is 5.08. The van der Waals surface area contributed by atoms with Gasteiger partial charge in [-0.1, -0.05) is 18.7 Å². The third-order valence-electron chi connectivity index (χ3n) is 2.58. The highest BCUT2D eigenvalue weighted by molar-refractivity contribution is 5.84. The highest BCUT2D eigenvalue weighted by atomic mass is 16.5. The minimum Gasteiger partial charge on any atom is -0.445 e. The predicted octanol–water partition coefficient (Wildman–Crippen LogP) is 3.62. The number of anilines is 1. The number of ether oxygens (including phenoxy) is 2. The second-order valence-electron chi connectivity index (χ2n) is 4.58. The van der Waals surface area contributed by atoms with Crippen molar-refractivity contribution < 1.29 is 14.3 Å². The number of carbonyl (C=O) groups excluding carboxylic acids is 1. The smallest absolute Gasteiger partial charge is 0.411 e. The summed E-state index contributed by atoms with van der Waals surface area (Å²) >= 11 is 0. The molecule has 1 N–H and O–H groups in total. The summed E-state index contributed by atoms with van der Waals surface area (Å²) in [5.74, 6) is 0.520. The Morgan fingerprint density at radius 3 is 2.68 bits per heavy atom. The summed E-state index contributed by atoms with van der Waals surface area (Å²) < 4.78 is 10.5. The molecule has 0 aliphatic rings. The molecule has 0 saturated carbocycles. The maximum Gasteiger partial charge on any atom is 0.411 e. The van der Waals surface area contributed by atoms with Gasteiger partial charge in [0.2, 0.25) is 0 Å². The summed E-state index contributed by atoms with van der Waals surface area (Å²) in [6, 6.07) is 9.02. The van der Waals surface area contributed by atoms with Crippen LogP contribution in [-0.2, 0) is 4.74 Å². The van der Waals surface area contributed by atoms with Gasteiger partial charge in [0.1, 0.15) is 12.4 Å². The second kappa shape index (κ2) is 7.21. The van der Waals surface area contributed by atoms with Gasteiger partial charge in [-0.2, -0.15) is 0 Å². The van der Waals surface area contributed by atoms with E-state index in [-0.39, 0.29) is 12.6 Å². The molecule has 1 amide bonds. The molecule has 2 rings (SSSR count). The summed E-state index contributed by atoms with van der Waals surface area (Å²) in [4.78, 5) is 19.9. The average molecular weight is 299 g/mol. The van der Waals surface area contributed by atoms with Crippen molar-refractivity contribution in [2.24, 2.45) is 0 Å². The zero-order chi connectivity index (χ0) is 15.9. The summed E-state index contributed by atoms with van der Waals surface area (Å²) in [7, 11) is 0. The number of aryl methyl sites for hydroxylation is 2. The lowest BCUT2D eigenvalue weighted by molar-refractivity contribution is 0.174. The molecular weight excluding hydrogens is 282 g/mol. The number of hydrogen-bond donors (Lipinski definition) is 1. The molecule has 6 heteroatoms. The Balaban J connectivity index is 2.07. The number of benzene rings is 1. The molecule has 6 nitrogen and oxygen atoms in total. The molecule has 0 atom stereocenters. The molecule has 1 aromatic heterocycles. The van der Waals surface area contributed by atoms with Crippen LogP contribution >= 0.6 is 0 Å². The highest BCUT2D eigenvalue weighted by Gasteiger charge is 2.06. The molecule has 0 aliphatic heterocycles. The average Bonchev–Trinajstić information content (AvgIpc) is 2.44. The quantitative estimate of drug-likeness (QED) is 0.854. The molecule has 0 unspecified atom stereocenters. The van der Waals surface area contributed by atoms with E-state index in [0.717, 1.165) is 11.4 Å². The minimum absolute atomic E-state index is 0.151. The molecule has 0 bridgehead atoms. The van der Waals surface area contributed by atoms with Crippen molar-refractivity contribution in [3.63, 3.8) is 0 Å². The van der Waals surface area contributed by atoms with Gasteiger partial charge in [0.05, 0.1) is 0 Å². The van der Waals surface area contributed by atoms with Gasteiger partial charge in [-0.05, 0) is 32.0 Å². The monoisotopic (exact) mass is 299 g/mol. The summed E-state index contributed by atoms with van der Waals surface area (Å²) in [5, 5.41) is 2.60. The first kappa shape index (κ1) is 15.5. The third-order valence-corrected chi connectivity index (χ3v) is 2.58. The highest BCUT2D eigenvalue weighted by Crippen LogP contribution is 2.22. The van der Waals surface area contributed by atoms with Gasteiger partial charge < -0.3 is 9.47 Å². The number of carbonyl (C=O) groups is 1. The van der Waals surface area contributed by atoms with Gasteiger partial charge >= 0.3 is 12.1 Å². The molecule has 22 heavy (non-hydrogen) atoms. The van der Waals surface area contributed by atoms with Gasteiger partial charge in [0.25, 0.3) is 0 Å². The van der Waals surface area contributed by atoms with Gasteiger partial charge in [-0.15, -0.1) is 0 Å². The minimum atomic E-state index is -0.556. The fourth-order valence-electron chi connectivity index (χ4n) is 1.77. The first-order chi connectivity index (χ1) is 10.6. The van der Waals surface area contributed by atoms with Gasteiger partial charge in [0.15, 0.2) is 0 Å². The SMILES string of the molecule is C=CCOC(=O)Nc1cccc(Oc2nc(C)cc(C)n2)c1. The van der Waals surface area contributed by atoms with E-state index < -0.39 is 6.09 Å². The Morgan fingerprint density at radius 2 is 2.00 bits per heavy atom. The summed E-state index contributed by atoms with van der Waals surface area (Å²) in [6.45, 7) is 7.37. The van der Waals surface area contributed by atoms with Crippen LogP contribution in [0.15, 0.2) is 43.0 Å². The summed E-state index contributed by atoms with van der Waals surface area (Å²) in [6.07, 6.45) is 0.941. The fraction of sp³-hybridized carbons (Fsp3) is 0.188. The molecule has 114 valence electrons. The molecular formula is C16H17N3O3. The number of nitrogens with zero attached hydrogens (tertiary/aromatic N) is 2. The van der Waals surface area contributed by atoms with E-state index in [1.54, 1.807) is 24.3 Å². The van der Waals surface area contributed by atoms with Gasteiger partial charge in [-0.3, -0.25) is 5.32 Å². The van der Waals surface area contributed by atoms with Crippen LogP contribution in [0.2, 0.25) is 0 Å². The standard InChI is InChI=1S/C16H17N3O3/c1-4-8-21-16(20)19-13-6-5-7-14(10-13)22-15-17-11(2)9-12(3)18-15/h4-7,9-10H,1,8H2,2-3H3,(H,19,20). The van der Waals surface area contributed by atoms with Crippen LogP contribution in [0.4, 0.5) is 10.5 Å². The van der Waals surface area contributed by atoms with Crippen molar-refractivity contribution in [1.29, 1.82) is 0 Å². The number of nitrogens with one attached hydrogen (secondary N) is 1. The van der Waals surface area contributed by atoms with E-state index in [1.807, 2.05) is 19.9 Å². The summed E-state index contributed by atoms with van der Waals surface area (Å²) in [5.41, 5.74) is 2.20. The van der Waals surface area contributed by atoms with Crippen LogP contribution in [0.25, 0.3) is 0 Å². The van der Waals surface area contributed by atoms with Crippen molar-refractivity contribution in [3.05, 3.63) is 54.4 Å². The Bertz CT molecular complexity index is 666. The molecule has 1 aromatic carbocycles. The van der Waals surface area contributed by atoms with Crippen LogP contribution in [0, 0.1) is 13.8 Å². The van der Waals surface area contributed by atoms with Crippen LogP contribution in [0.5, 0.6) is 11.8 Å². The van der Waals surface area contributed by atoms with Crippen LogP contribution < -0.4 is 10.1 Å². The van der Waals surface area contributed by atoms with Crippen molar-refractivity contribution in [3.8, 4) is 11.8 Å². The third kappa shape index (κ3) is 4.59. The van der Waals surface area contributed by atoms with Gasteiger partial charge in [0, 0.05) is 23.1 Å². The van der Waals surface area contributed by atoms with Crippen molar-refractivity contribution in [1.82, 2.24) is 9.97 Å². The van der Waals surface area contributed by atoms with Crippen molar-refractivity contribution in [2.75, 3.05) is 11.9 Å². The number of hydrogen-bond acceptors (Lipinski definition) is 5. The Hall–Kier alpha value is -2.89. The maximum atomic E-state index is 11.5. The molecule has 0 spiro atoms. The molecule has 0 radical (unpaired) electrons. The lowest BCUT2D eigenvalue weighted by Gasteiger charge is -2.08. The molecule has 1 heterocycles. The van der Waals surface area contributed by atoms with Crippen LogP contribution in [0.1, 0.15) is 11.4 Å². The van der Waals surface area contributed by atoms with E-state index in [0.29, 0.717) is 11.4 Å². The van der Waals surface area contributed by atoms with Gasteiger partial charge in [-0.25, -0.2) is 14.8 Å². The number of aromatic nitrogens is 2. The lowest BCUT2D eigenvalue weighted by Crippen LogP contribution is -2.13. The largest absolute Gasteiger partial charge is 0.445 e. The van der Waals surface area contributed by atoms with E-state index in [4.69, 9.17) is 9.47 Å². The van der Waals surface area contributed by atoms with E-state index >= 15 is 0 Å². The number of rotatable bonds is 5. The lowest BCUT2D eigenvalue weighted by atomic mass is 10.3. The second-order valence-corrected chi connectivity index (χ2v) is 4.58. The number of amides is 1. The predicted molar refractivity (Wildman–Crippen MR) is 83.2 cm³/mol. The Labute approximate surface area is 128 Å². The maximum absolute atomic E-state index is 11.5. The molecule has 0 fully saturated rings. The van der Waals surface area contributed by atoms with Crippen LogP contribution in [0.3, 0.4) is 0 Å². The normalized spacial score (nSPS) is 9.91. The zero-order valence-electron chi connectivity index (χ0n) is 12.5. The Morgan fingerprint density at radius 1 is 1.27 bits per heavy atom. The van der Waals surface area contributed by atoms with E-state index in [9.17, 15) is 4.79 Å². The van der Waals surface area contributed by atoms with Crippen LogP contribution in [-0.4, -0.2) is 22.7 Å². The van der Waals surface area contributed by atoms with Crippen molar-refractivity contribution in [2.45, 2.75) is 13.8 Å².